The van der Waals surface area contributed by atoms with Crippen LogP contribution in [0.4, 0.5) is 4.39 Å². The predicted molar refractivity (Wildman–Crippen MR) is 65.1 cm³/mol. The lowest BCUT2D eigenvalue weighted by Crippen LogP contribution is -2.37. The van der Waals surface area contributed by atoms with E-state index in [2.05, 4.69) is 5.32 Å². The minimum absolute atomic E-state index is 0.145. The molecule has 0 aromatic heterocycles. The van der Waals surface area contributed by atoms with Gasteiger partial charge in [-0.05, 0) is 43.9 Å². The van der Waals surface area contributed by atoms with Gasteiger partial charge in [0.05, 0.1) is 0 Å². The Labute approximate surface area is 101 Å². The summed E-state index contributed by atoms with van der Waals surface area (Å²) in [6, 6.07) is 4.78. The van der Waals surface area contributed by atoms with Gasteiger partial charge in [0.1, 0.15) is 11.6 Å². The molecule has 0 spiro atoms. The van der Waals surface area contributed by atoms with Gasteiger partial charge < -0.3 is 16.2 Å². The average Bonchev–Trinajstić information content (AvgIpc) is 2.32. The van der Waals surface area contributed by atoms with Gasteiger partial charge in [-0.25, -0.2) is 4.39 Å². The zero-order valence-corrected chi connectivity index (χ0v) is 9.82. The fraction of sp³-hybridized carbons (Fsp3) is 0.538. The summed E-state index contributed by atoms with van der Waals surface area (Å²) < 4.78 is 13.0. The van der Waals surface area contributed by atoms with E-state index >= 15 is 0 Å². The number of phenols is 1. The molecular formula is C13H19FN2O. The number of aromatic hydroxyl groups is 1. The summed E-state index contributed by atoms with van der Waals surface area (Å²) in [6.07, 6.45) is 4.17. The smallest absolute Gasteiger partial charge is 0.123 e. The first-order chi connectivity index (χ1) is 8.15. The molecule has 1 aromatic carbocycles. The first-order valence-electron chi connectivity index (χ1n) is 6.11. The number of rotatable bonds is 3. The van der Waals surface area contributed by atoms with Gasteiger partial charge in [0.25, 0.3) is 0 Å². The molecule has 3 nitrogen and oxygen atoms in total. The van der Waals surface area contributed by atoms with Gasteiger partial charge >= 0.3 is 0 Å². The summed E-state index contributed by atoms with van der Waals surface area (Å²) >= 11 is 0. The SMILES string of the molecule is NC1CCC(NCc2cc(F)ccc2O)CC1. The third kappa shape index (κ3) is 3.41. The Balaban J connectivity index is 1.87. The molecule has 1 aliphatic rings. The quantitative estimate of drug-likeness (QED) is 0.753. The standard InChI is InChI=1S/C13H19FN2O/c14-10-1-6-13(17)9(7-10)8-16-12-4-2-11(15)3-5-12/h1,6-7,11-12,16-17H,2-5,8,15H2. The second-order valence-corrected chi connectivity index (χ2v) is 4.77. The number of nitrogens with two attached hydrogens (primary N) is 1. The van der Waals surface area contributed by atoms with Gasteiger partial charge in [0.2, 0.25) is 0 Å². The Morgan fingerprint density at radius 2 is 2.00 bits per heavy atom. The number of halogens is 1. The van der Waals surface area contributed by atoms with Crippen molar-refractivity contribution in [2.45, 2.75) is 44.3 Å². The van der Waals surface area contributed by atoms with Gasteiger partial charge in [-0.1, -0.05) is 0 Å². The normalized spacial score (nSPS) is 24.8. The highest BCUT2D eigenvalue weighted by atomic mass is 19.1. The second kappa shape index (κ2) is 5.47. The van der Waals surface area contributed by atoms with Crippen molar-refractivity contribution in [3.63, 3.8) is 0 Å². The maximum Gasteiger partial charge on any atom is 0.123 e. The summed E-state index contributed by atoms with van der Waals surface area (Å²) in [6.45, 7) is 0.503. The Morgan fingerprint density at radius 1 is 1.29 bits per heavy atom. The second-order valence-electron chi connectivity index (χ2n) is 4.77. The van der Waals surface area contributed by atoms with Gasteiger partial charge in [-0.3, -0.25) is 0 Å². The third-order valence-corrected chi connectivity index (χ3v) is 3.39. The topological polar surface area (TPSA) is 58.3 Å². The molecule has 1 aromatic rings. The molecule has 0 aliphatic heterocycles. The molecule has 0 radical (unpaired) electrons. The van der Waals surface area contributed by atoms with Crippen molar-refractivity contribution >= 4 is 0 Å². The summed E-state index contributed by atoms with van der Waals surface area (Å²) in [7, 11) is 0. The van der Waals surface area contributed by atoms with E-state index in [1.165, 1.54) is 18.2 Å². The van der Waals surface area contributed by atoms with Crippen molar-refractivity contribution in [3.8, 4) is 5.75 Å². The van der Waals surface area contributed by atoms with Crippen LogP contribution >= 0.6 is 0 Å². The molecule has 2 rings (SSSR count). The van der Waals surface area contributed by atoms with Crippen LogP contribution in [0.1, 0.15) is 31.2 Å². The fourth-order valence-corrected chi connectivity index (χ4v) is 2.27. The van der Waals surface area contributed by atoms with Crippen LogP contribution < -0.4 is 11.1 Å². The van der Waals surface area contributed by atoms with Crippen LogP contribution in [-0.4, -0.2) is 17.2 Å². The Hall–Kier alpha value is -1.13. The van der Waals surface area contributed by atoms with Crippen molar-refractivity contribution in [3.05, 3.63) is 29.6 Å². The average molecular weight is 238 g/mol. The van der Waals surface area contributed by atoms with E-state index in [-0.39, 0.29) is 11.6 Å². The van der Waals surface area contributed by atoms with Crippen LogP contribution in [0, 0.1) is 5.82 Å². The summed E-state index contributed by atoms with van der Waals surface area (Å²) in [5.74, 6) is -0.170. The molecule has 17 heavy (non-hydrogen) atoms. The van der Waals surface area contributed by atoms with Crippen molar-refractivity contribution < 1.29 is 9.50 Å². The highest BCUT2D eigenvalue weighted by Gasteiger charge is 2.18. The maximum absolute atomic E-state index is 13.0. The van der Waals surface area contributed by atoms with E-state index in [0.29, 0.717) is 24.2 Å². The van der Waals surface area contributed by atoms with E-state index in [4.69, 9.17) is 5.73 Å². The molecule has 4 N–H and O–H groups in total. The molecule has 1 aliphatic carbocycles. The van der Waals surface area contributed by atoms with Crippen LogP contribution in [0.25, 0.3) is 0 Å². The van der Waals surface area contributed by atoms with Crippen molar-refractivity contribution in [1.82, 2.24) is 5.32 Å². The predicted octanol–water partition coefficient (Wildman–Crippen LogP) is 1.89. The zero-order chi connectivity index (χ0) is 12.3. The number of nitrogens with one attached hydrogen (secondary N) is 1. The zero-order valence-electron chi connectivity index (χ0n) is 9.82. The monoisotopic (exact) mass is 238 g/mol. The molecule has 4 heteroatoms. The third-order valence-electron chi connectivity index (χ3n) is 3.39. The van der Waals surface area contributed by atoms with Crippen LogP contribution in [0.2, 0.25) is 0 Å². The lowest BCUT2D eigenvalue weighted by molar-refractivity contribution is 0.339. The van der Waals surface area contributed by atoms with E-state index in [1.807, 2.05) is 0 Å². The molecule has 0 amide bonds. The molecule has 1 saturated carbocycles. The summed E-state index contributed by atoms with van der Waals surface area (Å²) in [5, 5.41) is 12.9. The Kier molecular flexibility index (Phi) is 3.97. The first-order valence-corrected chi connectivity index (χ1v) is 6.11. The maximum atomic E-state index is 13.0. The molecule has 1 fully saturated rings. The molecule has 0 atom stereocenters. The van der Waals surface area contributed by atoms with E-state index in [0.717, 1.165) is 25.7 Å². The minimum Gasteiger partial charge on any atom is -0.508 e. The van der Waals surface area contributed by atoms with Crippen LogP contribution in [0.3, 0.4) is 0 Å². The van der Waals surface area contributed by atoms with Crippen molar-refractivity contribution in [1.29, 1.82) is 0 Å². The molecular weight excluding hydrogens is 219 g/mol. The highest BCUT2D eigenvalue weighted by Crippen LogP contribution is 2.20. The summed E-state index contributed by atoms with van der Waals surface area (Å²) in [4.78, 5) is 0. The van der Waals surface area contributed by atoms with E-state index in [9.17, 15) is 9.50 Å². The number of benzene rings is 1. The largest absolute Gasteiger partial charge is 0.508 e. The number of hydrogen-bond donors (Lipinski definition) is 3. The van der Waals surface area contributed by atoms with Crippen LogP contribution in [0.15, 0.2) is 18.2 Å². The van der Waals surface area contributed by atoms with Gasteiger partial charge in [-0.15, -0.1) is 0 Å². The molecule has 94 valence electrons. The highest BCUT2D eigenvalue weighted by molar-refractivity contribution is 5.32. The number of phenolic OH excluding ortho intramolecular Hbond substituents is 1. The van der Waals surface area contributed by atoms with Crippen LogP contribution in [0.5, 0.6) is 5.75 Å². The molecule has 0 bridgehead atoms. The van der Waals surface area contributed by atoms with Crippen molar-refractivity contribution in [2.75, 3.05) is 0 Å². The van der Waals surface area contributed by atoms with Gasteiger partial charge in [0, 0.05) is 24.2 Å². The molecule has 0 unspecified atom stereocenters. The van der Waals surface area contributed by atoms with Crippen LogP contribution in [-0.2, 0) is 6.54 Å². The number of hydrogen-bond acceptors (Lipinski definition) is 3. The Morgan fingerprint density at radius 3 is 2.71 bits per heavy atom. The first kappa shape index (κ1) is 12.3. The van der Waals surface area contributed by atoms with Crippen molar-refractivity contribution in [2.24, 2.45) is 5.73 Å². The van der Waals surface area contributed by atoms with Gasteiger partial charge in [0.15, 0.2) is 0 Å². The Bertz CT molecular complexity index is 376. The van der Waals surface area contributed by atoms with E-state index in [1.54, 1.807) is 0 Å². The van der Waals surface area contributed by atoms with Gasteiger partial charge in [-0.2, -0.15) is 0 Å². The van der Waals surface area contributed by atoms with E-state index < -0.39 is 0 Å². The molecule has 0 saturated heterocycles. The fourth-order valence-electron chi connectivity index (χ4n) is 2.27. The molecule has 0 heterocycles. The minimum atomic E-state index is -0.315. The lowest BCUT2D eigenvalue weighted by atomic mass is 9.92. The summed E-state index contributed by atoms with van der Waals surface area (Å²) in [5.41, 5.74) is 6.44. The lowest BCUT2D eigenvalue weighted by Gasteiger charge is -2.27.